The molecule has 0 saturated heterocycles. The Hall–Kier alpha value is -1.58. The van der Waals surface area contributed by atoms with Crippen LogP contribution in [-0.2, 0) is 4.79 Å². The molecular formula is C18H25NO3. The van der Waals surface area contributed by atoms with E-state index in [9.17, 15) is 4.79 Å². The molecule has 1 atom stereocenters. The van der Waals surface area contributed by atoms with E-state index in [0.29, 0.717) is 11.8 Å². The maximum atomic E-state index is 11.1. The fourth-order valence-electron chi connectivity index (χ4n) is 3.48. The van der Waals surface area contributed by atoms with E-state index in [-0.39, 0.29) is 18.4 Å². The number of carboxylic acid groups (broad SMARTS) is 1. The average molecular weight is 303 g/mol. The molecule has 120 valence electrons. The zero-order valence-corrected chi connectivity index (χ0v) is 13.2. The Morgan fingerprint density at radius 2 is 2.05 bits per heavy atom. The highest BCUT2D eigenvalue weighted by Crippen LogP contribution is 2.45. The molecule has 1 aromatic heterocycles. The minimum Gasteiger partial charge on any atom is -0.481 e. The van der Waals surface area contributed by atoms with Crippen molar-refractivity contribution in [2.75, 3.05) is 0 Å². The summed E-state index contributed by atoms with van der Waals surface area (Å²) in [5.41, 5.74) is 1.07. The lowest BCUT2D eigenvalue weighted by Gasteiger charge is -2.26. The van der Waals surface area contributed by atoms with Gasteiger partial charge < -0.3 is 9.84 Å². The van der Waals surface area contributed by atoms with Gasteiger partial charge in [0.2, 0.25) is 5.88 Å². The van der Waals surface area contributed by atoms with Crippen molar-refractivity contribution in [1.82, 2.24) is 4.98 Å². The Labute approximate surface area is 131 Å². The largest absolute Gasteiger partial charge is 0.481 e. The maximum Gasteiger partial charge on any atom is 0.303 e. The van der Waals surface area contributed by atoms with Crippen molar-refractivity contribution in [3.05, 3.63) is 23.9 Å². The lowest BCUT2D eigenvalue weighted by molar-refractivity contribution is -0.137. The topological polar surface area (TPSA) is 59.4 Å². The molecule has 1 aromatic rings. The van der Waals surface area contributed by atoms with Crippen molar-refractivity contribution in [3.63, 3.8) is 0 Å². The van der Waals surface area contributed by atoms with Crippen LogP contribution in [0.2, 0.25) is 0 Å². The third kappa shape index (κ3) is 3.99. The van der Waals surface area contributed by atoms with Gasteiger partial charge >= 0.3 is 5.97 Å². The summed E-state index contributed by atoms with van der Waals surface area (Å²) in [4.78, 5) is 15.4. The lowest BCUT2D eigenvalue weighted by atomic mass is 9.89. The van der Waals surface area contributed by atoms with Crippen LogP contribution in [-0.4, -0.2) is 22.2 Å². The van der Waals surface area contributed by atoms with Crippen molar-refractivity contribution in [2.45, 2.75) is 63.9 Å². The van der Waals surface area contributed by atoms with E-state index in [1.54, 1.807) is 6.20 Å². The van der Waals surface area contributed by atoms with Crippen molar-refractivity contribution in [1.29, 1.82) is 0 Å². The quantitative estimate of drug-likeness (QED) is 0.862. The number of pyridine rings is 1. The zero-order chi connectivity index (χ0) is 15.5. The van der Waals surface area contributed by atoms with Crippen LogP contribution in [0.15, 0.2) is 18.3 Å². The summed E-state index contributed by atoms with van der Waals surface area (Å²) in [6.07, 6.45) is 9.11. The second-order valence-corrected chi connectivity index (χ2v) is 6.97. The zero-order valence-electron chi connectivity index (χ0n) is 13.2. The molecule has 1 heterocycles. The van der Waals surface area contributed by atoms with E-state index < -0.39 is 5.97 Å². The minimum absolute atomic E-state index is 0.106. The van der Waals surface area contributed by atoms with Crippen LogP contribution in [0.4, 0.5) is 0 Å². The highest BCUT2D eigenvalue weighted by Gasteiger charge is 2.34. The summed E-state index contributed by atoms with van der Waals surface area (Å²) < 4.78 is 6.04. The van der Waals surface area contributed by atoms with Gasteiger partial charge in [0.25, 0.3) is 0 Å². The number of hydrogen-bond acceptors (Lipinski definition) is 3. The van der Waals surface area contributed by atoms with Gasteiger partial charge in [0.05, 0.1) is 6.42 Å². The SMILES string of the molecule is CC1CCC(Oc2cc(C(CC(=O)O)C3CC3)ccn2)CC1. The molecule has 2 aliphatic carbocycles. The first-order valence-corrected chi connectivity index (χ1v) is 8.46. The van der Waals surface area contributed by atoms with Crippen LogP contribution in [0, 0.1) is 11.8 Å². The first kappa shape index (κ1) is 15.3. The molecule has 0 spiro atoms. The van der Waals surface area contributed by atoms with Crippen LogP contribution >= 0.6 is 0 Å². The van der Waals surface area contributed by atoms with Crippen molar-refractivity contribution in [2.24, 2.45) is 11.8 Å². The highest BCUT2D eigenvalue weighted by atomic mass is 16.5. The summed E-state index contributed by atoms with van der Waals surface area (Å²) in [5, 5.41) is 9.13. The fraction of sp³-hybridized carbons (Fsp3) is 0.667. The summed E-state index contributed by atoms with van der Waals surface area (Å²) in [6.45, 7) is 2.29. The number of nitrogens with zero attached hydrogens (tertiary/aromatic N) is 1. The summed E-state index contributed by atoms with van der Waals surface area (Å²) in [5.74, 6) is 1.36. The predicted molar refractivity (Wildman–Crippen MR) is 84.0 cm³/mol. The Kier molecular flexibility index (Phi) is 4.65. The van der Waals surface area contributed by atoms with Crippen molar-refractivity contribution in [3.8, 4) is 5.88 Å². The molecule has 2 saturated carbocycles. The Morgan fingerprint density at radius 3 is 2.68 bits per heavy atom. The molecule has 22 heavy (non-hydrogen) atoms. The van der Waals surface area contributed by atoms with Crippen LogP contribution in [0.5, 0.6) is 5.88 Å². The molecule has 1 N–H and O–H groups in total. The van der Waals surface area contributed by atoms with E-state index in [0.717, 1.165) is 37.2 Å². The second-order valence-electron chi connectivity index (χ2n) is 6.97. The van der Waals surface area contributed by atoms with Gasteiger partial charge in [0.15, 0.2) is 0 Å². The van der Waals surface area contributed by atoms with E-state index in [2.05, 4.69) is 11.9 Å². The molecule has 0 aromatic carbocycles. The van der Waals surface area contributed by atoms with Crippen LogP contribution in [0.3, 0.4) is 0 Å². The molecule has 4 nitrogen and oxygen atoms in total. The number of ether oxygens (including phenoxy) is 1. The highest BCUT2D eigenvalue weighted by molar-refractivity contribution is 5.68. The molecule has 0 radical (unpaired) electrons. The van der Waals surface area contributed by atoms with E-state index in [4.69, 9.17) is 9.84 Å². The third-order valence-corrected chi connectivity index (χ3v) is 5.02. The van der Waals surface area contributed by atoms with Gasteiger partial charge in [0, 0.05) is 12.3 Å². The van der Waals surface area contributed by atoms with Crippen LogP contribution < -0.4 is 4.74 Å². The van der Waals surface area contributed by atoms with Gasteiger partial charge in [-0.3, -0.25) is 4.79 Å². The monoisotopic (exact) mass is 303 g/mol. The number of aromatic nitrogens is 1. The average Bonchev–Trinajstić information content (AvgIpc) is 3.32. The molecular weight excluding hydrogens is 278 g/mol. The molecule has 0 amide bonds. The molecule has 2 fully saturated rings. The first-order valence-electron chi connectivity index (χ1n) is 8.46. The maximum absolute atomic E-state index is 11.1. The number of aliphatic carboxylic acids is 1. The number of carboxylic acids is 1. The standard InChI is InChI=1S/C18H25NO3/c1-12-2-6-15(7-3-12)22-17-10-14(8-9-19-17)16(11-18(20)21)13-4-5-13/h8-10,12-13,15-16H,2-7,11H2,1H3,(H,20,21). The normalized spacial score (nSPS) is 26.4. The lowest BCUT2D eigenvalue weighted by Crippen LogP contribution is -2.23. The van der Waals surface area contributed by atoms with Gasteiger partial charge in [-0.1, -0.05) is 6.92 Å². The van der Waals surface area contributed by atoms with Crippen LogP contribution in [0.1, 0.15) is 63.4 Å². The molecule has 1 unspecified atom stereocenters. The molecule has 0 bridgehead atoms. The number of hydrogen-bond donors (Lipinski definition) is 1. The molecule has 2 aliphatic rings. The Morgan fingerprint density at radius 1 is 1.32 bits per heavy atom. The fourth-order valence-corrected chi connectivity index (χ4v) is 3.48. The van der Waals surface area contributed by atoms with E-state index in [1.165, 1.54) is 12.8 Å². The van der Waals surface area contributed by atoms with Crippen molar-refractivity contribution < 1.29 is 14.6 Å². The van der Waals surface area contributed by atoms with Gasteiger partial charge in [-0.25, -0.2) is 4.98 Å². The summed E-state index contributed by atoms with van der Waals surface area (Å²) >= 11 is 0. The van der Waals surface area contributed by atoms with Gasteiger partial charge in [-0.15, -0.1) is 0 Å². The smallest absolute Gasteiger partial charge is 0.303 e. The summed E-state index contributed by atoms with van der Waals surface area (Å²) in [7, 11) is 0. The van der Waals surface area contributed by atoms with Gasteiger partial charge in [-0.2, -0.15) is 0 Å². The number of carbonyl (C=O) groups is 1. The van der Waals surface area contributed by atoms with Gasteiger partial charge in [-0.05, 0) is 67.9 Å². The Balaban J connectivity index is 1.67. The van der Waals surface area contributed by atoms with Gasteiger partial charge in [0.1, 0.15) is 6.10 Å². The van der Waals surface area contributed by atoms with E-state index >= 15 is 0 Å². The first-order chi connectivity index (χ1) is 10.6. The Bertz CT molecular complexity index is 519. The predicted octanol–water partition coefficient (Wildman–Crippen LogP) is 4.01. The molecule has 4 heteroatoms. The second kappa shape index (κ2) is 6.67. The number of rotatable bonds is 6. The van der Waals surface area contributed by atoms with Crippen LogP contribution in [0.25, 0.3) is 0 Å². The third-order valence-electron chi connectivity index (χ3n) is 5.02. The summed E-state index contributed by atoms with van der Waals surface area (Å²) in [6, 6.07) is 3.91. The molecule has 0 aliphatic heterocycles. The minimum atomic E-state index is -0.725. The molecule has 3 rings (SSSR count). The van der Waals surface area contributed by atoms with Crippen molar-refractivity contribution >= 4 is 5.97 Å². The van der Waals surface area contributed by atoms with E-state index in [1.807, 2.05) is 12.1 Å².